The van der Waals surface area contributed by atoms with Crippen LogP contribution in [0.5, 0.6) is 0 Å². The molecular formula is C18H18N2O2S. The number of aliphatic hydroxyl groups is 1. The molecule has 0 unspecified atom stereocenters. The topological polar surface area (TPSA) is 54.3 Å². The Balaban J connectivity index is 1.64. The van der Waals surface area contributed by atoms with Gasteiger partial charge in [0.25, 0.3) is 0 Å². The van der Waals surface area contributed by atoms with E-state index < -0.39 is 6.10 Å². The number of rotatable bonds is 5. The van der Waals surface area contributed by atoms with Gasteiger partial charge in [0.1, 0.15) is 0 Å². The molecule has 1 atom stereocenters. The number of aryl methyl sites for hydroxylation is 1. The largest absolute Gasteiger partial charge is 0.386 e. The quantitative estimate of drug-likeness (QED) is 0.708. The van der Waals surface area contributed by atoms with E-state index >= 15 is 0 Å². The monoisotopic (exact) mass is 326 g/mol. The summed E-state index contributed by atoms with van der Waals surface area (Å²) in [6.45, 7) is 0.181. The molecule has 2 heterocycles. The first-order valence-corrected chi connectivity index (χ1v) is 8.29. The number of nitrogens with zero attached hydrogens (tertiary/aromatic N) is 1. The number of carbonyl (C=O) groups excluding carboxylic acids is 1. The van der Waals surface area contributed by atoms with Crippen LogP contribution in [0.4, 0.5) is 0 Å². The standard InChI is InChI=1S/C18H18N2O2S/c1-20-11-15(14-4-2-3-5-16(14)20)17(21)10-19-18(22)7-6-13-8-9-23-12-13/h2-9,11-12,17,21H,10H2,1H3,(H,19,22)/b7-6+/t17-/m1/s1. The zero-order valence-corrected chi connectivity index (χ0v) is 13.6. The third kappa shape index (κ3) is 3.52. The Bertz CT molecular complexity index is 834. The van der Waals surface area contributed by atoms with Crippen molar-refractivity contribution in [2.75, 3.05) is 6.54 Å². The summed E-state index contributed by atoms with van der Waals surface area (Å²) >= 11 is 1.58. The number of aliphatic hydroxyl groups excluding tert-OH is 1. The zero-order chi connectivity index (χ0) is 16.2. The molecule has 0 aliphatic rings. The fourth-order valence-corrected chi connectivity index (χ4v) is 3.17. The van der Waals surface area contributed by atoms with Crippen LogP contribution in [0.25, 0.3) is 17.0 Å². The maximum absolute atomic E-state index is 11.8. The predicted molar refractivity (Wildman–Crippen MR) is 94.2 cm³/mol. The highest BCUT2D eigenvalue weighted by molar-refractivity contribution is 7.08. The van der Waals surface area contributed by atoms with E-state index in [1.165, 1.54) is 6.08 Å². The normalized spacial score (nSPS) is 12.8. The van der Waals surface area contributed by atoms with Gasteiger partial charge in [0.2, 0.25) is 5.91 Å². The van der Waals surface area contributed by atoms with Gasteiger partial charge in [-0.3, -0.25) is 4.79 Å². The van der Waals surface area contributed by atoms with Crippen molar-refractivity contribution in [3.63, 3.8) is 0 Å². The molecule has 2 aromatic heterocycles. The van der Waals surface area contributed by atoms with Crippen LogP contribution in [-0.4, -0.2) is 22.1 Å². The van der Waals surface area contributed by atoms with Crippen LogP contribution in [0.15, 0.2) is 53.4 Å². The molecule has 2 N–H and O–H groups in total. The van der Waals surface area contributed by atoms with Gasteiger partial charge in [0.15, 0.2) is 0 Å². The maximum Gasteiger partial charge on any atom is 0.244 e. The van der Waals surface area contributed by atoms with Crippen molar-refractivity contribution in [3.8, 4) is 0 Å². The summed E-state index contributed by atoms with van der Waals surface area (Å²) in [4.78, 5) is 11.8. The van der Waals surface area contributed by atoms with E-state index in [0.29, 0.717) is 0 Å². The minimum absolute atomic E-state index is 0.181. The van der Waals surface area contributed by atoms with Crippen molar-refractivity contribution in [3.05, 3.63) is 64.5 Å². The van der Waals surface area contributed by atoms with Crippen LogP contribution in [0, 0.1) is 0 Å². The van der Waals surface area contributed by atoms with Crippen molar-refractivity contribution in [2.24, 2.45) is 7.05 Å². The van der Waals surface area contributed by atoms with Gasteiger partial charge in [-0.1, -0.05) is 18.2 Å². The number of benzene rings is 1. The number of hydrogen-bond acceptors (Lipinski definition) is 3. The van der Waals surface area contributed by atoms with Gasteiger partial charge in [0, 0.05) is 42.3 Å². The maximum atomic E-state index is 11.8. The lowest BCUT2D eigenvalue weighted by molar-refractivity contribution is -0.116. The Morgan fingerprint density at radius 2 is 2.22 bits per heavy atom. The van der Waals surface area contributed by atoms with E-state index in [2.05, 4.69) is 5.32 Å². The average Bonchev–Trinajstić information content (AvgIpc) is 3.19. The fourth-order valence-electron chi connectivity index (χ4n) is 2.55. The van der Waals surface area contributed by atoms with Crippen molar-refractivity contribution in [1.82, 2.24) is 9.88 Å². The lowest BCUT2D eigenvalue weighted by atomic mass is 10.1. The second-order valence-electron chi connectivity index (χ2n) is 5.36. The number of para-hydroxylation sites is 1. The van der Waals surface area contributed by atoms with E-state index in [0.717, 1.165) is 22.0 Å². The Morgan fingerprint density at radius 1 is 1.39 bits per heavy atom. The van der Waals surface area contributed by atoms with Crippen molar-refractivity contribution >= 4 is 34.2 Å². The summed E-state index contributed by atoms with van der Waals surface area (Å²) in [6, 6.07) is 9.84. The van der Waals surface area contributed by atoms with Gasteiger partial charge < -0.3 is 15.0 Å². The van der Waals surface area contributed by atoms with Crippen molar-refractivity contribution < 1.29 is 9.90 Å². The molecule has 118 valence electrons. The third-order valence-corrected chi connectivity index (χ3v) is 4.43. The van der Waals surface area contributed by atoms with Crippen molar-refractivity contribution in [1.29, 1.82) is 0 Å². The first-order chi connectivity index (χ1) is 11.1. The molecule has 4 nitrogen and oxygen atoms in total. The predicted octanol–water partition coefficient (Wildman–Crippen LogP) is 3.10. The van der Waals surface area contributed by atoms with Crippen LogP contribution in [0.2, 0.25) is 0 Å². The highest BCUT2D eigenvalue weighted by Gasteiger charge is 2.14. The van der Waals surface area contributed by atoms with Crippen molar-refractivity contribution in [2.45, 2.75) is 6.10 Å². The second kappa shape index (κ2) is 6.81. The van der Waals surface area contributed by atoms with Gasteiger partial charge in [-0.15, -0.1) is 0 Å². The number of nitrogens with one attached hydrogen (secondary N) is 1. The first kappa shape index (κ1) is 15.5. The molecule has 0 fully saturated rings. The van der Waals surface area contributed by atoms with Gasteiger partial charge in [-0.05, 0) is 34.5 Å². The Kier molecular flexibility index (Phi) is 4.60. The number of amides is 1. The number of hydrogen-bond donors (Lipinski definition) is 2. The van der Waals surface area contributed by atoms with Gasteiger partial charge >= 0.3 is 0 Å². The molecule has 0 aliphatic carbocycles. The summed E-state index contributed by atoms with van der Waals surface area (Å²) in [7, 11) is 1.95. The van der Waals surface area contributed by atoms with E-state index in [9.17, 15) is 9.90 Å². The van der Waals surface area contributed by atoms with E-state index in [1.54, 1.807) is 17.4 Å². The van der Waals surface area contributed by atoms with Gasteiger partial charge in [-0.25, -0.2) is 0 Å². The number of carbonyl (C=O) groups is 1. The summed E-state index contributed by atoms with van der Waals surface area (Å²) in [5.41, 5.74) is 2.88. The minimum Gasteiger partial charge on any atom is -0.386 e. The molecule has 0 saturated carbocycles. The summed E-state index contributed by atoms with van der Waals surface area (Å²) < 4.78 is 1.98. The molecule has 0 radical (unpaired) electrons. The average molecular weight is 326 g/mol. The summed E-state index contributed by atoms with van der Waals surface area (Å²) in [5, 5.41) is 18.1. The van der Waals surface area contributed by atoms with E-state index in [-0.39, 0.29) is 12.5 Å². The summed E-state index contributed by atoms with van der Waals surface area (Å²) in [5.74, 6) is -0.213. The first-order valence-electron chi connectivity index (χ1n) is 7.35. The Morgan fingerprint density at radius 3 is 3.00 bits per heavy atom. The molecular weight excluding hydrogens is 308 g/mol. The fraction of sp³-hybridized carbons (Fsp3) is 0.167. The highest BCUT2D eigenvalue weighted by atomic mass is 32.1. The van der Waals surface area contributed by atoms with Crippen LogP contribution in [-0.2, 0) is 11.8 Å². The number of thiophene rings is 1. The van der Waals surface area contributed by atoms with Crippen LogP contribution >= 0.6 is 11.3 Å². The molecule has 5 heteroatoms. The molecule has 23 heavy (non-hydrogen) atoms. The second-order valence-corrected chi connectivity index (χ2v) is 6.14. The molecule has 0 bridgehead atoms. The van der Waals surface area contributed by atoms with Crippen LogP contribution in [0.1, 0.15) is 17.2 Å². The van der Waals surface area contributed by atoms with E-state index in [1.807, 2.05) is 58.9 Å². The smallest absolute Gasteiger partial charge is 0.244 e. The molecule has 3 aromatic rings. The van der Waals surface area contributed by atoms with Crippen LogP contribution < -0.4 is 5.32 Å². The molecule has 0 saturated heterocycles. The lowest BCUT2D eigenvalue weighted by Crippen LogP contribution is -2.26. The molecule has 3 rings (SSSR count). The van der Waals surface area contributed by atoms with E-state index in [4.69, 9.17) is 0 Å². The van der Waals surface area contributed by atoms with Gasteiger partial charge in [0.05, 0.1) is 6.10 Å². The van der Waals surface area contributed by atoms with Crippen LogP contribution in [0.3, 0.4) is 0 Å². The molecule has 1 aromatic carbocycles. The molecule has 0 spiro atoms. The summed E-state index contributed by atoms with van der Waals surface area (Å²) in [6.07, 6.45) is 4.41. The Hall–Kier alpha value is -2.37. The Labute approximate surface area is 138 Å². The molecule has 1 amide bonds. The highest BCUT2D eigenvalue weighted by Crippen LogP contribution is 2.25. The lowest BCUT2D eigenvalue weighted by Gasteiger charge is -2.10. The number of fused-ring (bicyclic) bond motifs is 1. The SMILES string of the molecule is Cn1cc([C@H](O)CNC(=O)/C=C/c2ccsc2)c2ccccc21. The third-order valence-electron chi connectivity index (χ3n) is 3.73. The van der Waals surface area contributed by atoms with Gasteiger partial charge in [-0.2, -0.15) is 11.3 Å². The minimum atomic E-state index is -0.736. The molecule has 0 aliphatic heterocycles. The zero-order valence-electron chi connectivity index (χ0n) is 12.8. The number of aromatic nitrogens is 1.